The summed E-state index contributed by atoms with van der Waals surface area (Å²) in [5.41, 5.74) is 2.20. The number of ether oxygens (including phenoxy) is 1. The molecule has 110 valence electrons. The number of methoxy groups -OCH3 is 1. The van der Waals surface area contributed by atoms with Crippen molar-refractivity contribution in [1.82, 2.24) is 4.98 Å². The van der Waals surface area contributed by atoms with Crippen LogP contribution in [0.25, 0.3) is 23.1 Å². The molecule has 22 heavy (non-hydrogen) atoms. The SMILES string of the molecule is COc1cc(/C=C/c2ccc3cccc(O)c3n2)ccc1O. The van der Waals surface area contributed by atoms with E-state index < -0.39 is 0 Å². The normalized spacial score (nSPS) is 11.1. The summed E-state index contributed by atoms with van der Waals surface area (Å²) in [7, 11) is 1.51. The monoisotopic (exact) mass is 293 g/mol. The van der Waals surface area contributed by atoms with Crippen LogP contribution in [0, 0.1) is 0 Å². The molecule has 0 saturated heterocycles. The van der Waals surface area contributed by atoms with Crippen molar-refractivity contribution in [2.75, 3.05) is 7.11 Å². The van der Waals surface area contributed by atoms with Crippen LogP contribution in [0.2, 0.25) is 0 Å². The van der Waals surface area contributed by atoms with Crippen LogP contribution in [0.1, 0.15) is 11.3 Å². The summed E-state index contributed by atoms with van der Waals surface area (Å²) in [5, 5.41) is 20.3. The molecule has 4 heteroatoms. The fourth-order valence-corrected chi connectivity index (χ4v) is 2.22. The van der Waals surface area contributed by atoms with Crippen LogP contribution >= 0.6 is 0 Å². The van der Waals surface area contributed by atoms with Gasteiger partial charge in [0.05, 0.1) is 12.8 Å². The van der Waals surface area contributed by atoms with E-state index in [0.29, 0.717) is 11.3 Å². The minimum atomic E-state index is 0.105. The van der Waals surface area contributed by atoms with Gasteiger partial charge in [0, 0.05) is 5.39 Å². The number of fused-ring (bicyclic) bond motifs is 1. The van der Waals surface area contributed by atoms with Gasteiger partial charge in [-0.3, -0.25) is 0 Å². The molecule has 0 amide bonds. The van der Waals surface area contributed by atoms with Gasteiger partial charge in [-0.2, -0.15) is 0 Å². The Morgan fingerprint density at radius 3 is 2.64 bits per heavy atom. The zero-order chi connectivity index (χ0) is 15.5. The minimum Gasteiger partial charge on any atom is -0.506 e. The Morgan fingerprint density at radius 1 is 0.955 bits per heavy atom. The molecule has 2 N–H and O–H groups in total. The number of phenolic OH excluding ortho intramolecular Hbond substituents is 2. The van der Waals surface area contributed by atoms with E-state index in [2.05, 4.69) is 4.98 Å². The first-order chi connectivity index (χ1) is 10.7. The third kappa shape index (κ3) is 2.72. The molecular formula is C18H15NO3. The molecule has 2 aromatic carbocycles. The summed E-state index contributed by atoms with van der Waals surface area (Å²) in [4.78, 5) is 4.43. The molecule has 0 aliphatic heterocycles. The van der Waals surface area contributed by atoms with E-state index in [0.717, 1.165) is 16.6 Å². The number of pyridine rings is 1. The Labute approximate surface area is 127 Å². The van der Waals surface area contributed by atoms with Crippen molar-refractivity contribution in [3.8, 4) is 17.2 Å². The lowest BCUT2D eigenvalue weighted by atomic mass is 10.1. The molecular weight excluding hydrogens is 278 g/mol. The number of aromatic hydroxyl groups is 2. The van der Waals surface area contributed by atoms with Gasteiger partial charge in [-0.25, -0.2) is 4.98 Å². The van der Waals surface area contributed by atoms with Crippen molar-refractivity contribution < 1.29 is 14.9 Å². The van der Waals surface area contributed by atoms with Gasteiger partial charge in [0.25, 0.3) is 0 Å². The van der Waals surface area contributed by atoms with Crippen LogP contribution in [-0.4, -0.2) is 22.3 Å². The van der Waals surface area contributed by atoms with Crippen LogP contribution in [0.5, 0.6) is 17.2 Å². The Kier molecular flexibility index (Phi) is 3.66. The Hall–Kier alpha value is -3.01. The smallest absolute Gasteiger partial charge is 0.161 e. The summed E-state index contributed by atoms with van der Waals surface area (Å²) in [5.74, 6) is 0.693. The molecule has 0 unspecified atom stereocenters. The van der Waals surface area contributed by atoms with Crippen LogP contribution in [-0.2, 0) is 0 Å². The highest BCUT2D eigenvalue weighted by Crippen LogP contribution is 2.27. The molecule has 0 bridgehead atoms. The van der Waals surface area contributed by atoms with Gasteiger partial charge in [0.1, 0.15) is 11.3 Å². The van der Waals surface area contributed by atoms with Crippen molar-refractivity contribution >= 4 is 23.1 Å². The maximum absolute atomic E-state index is 9.85. The molecule has 0 aliphatic carbocycles. The lowest BCUT2D eigenvalue weighted by Gasteiger charge is -2.04. The first-order valence-electron chi connectivity index (χ1n) is 6.81. The number of nitrogens with zero attached hydrogens (tertiary/aromatic N) is 1. The van der Waals surface area contributed by atoms with E-state index >= 15 is 0 Å². The number of rotatable bonds is 3. The second-order valence-electron chi connectivity index (χ2n) is 4.85. The Bertz CT molecular complexity index is 856. The summed E-state index contributed by atoms with van der Waals surface area (Å²) in [6.07, 6.45) is 3.72. The third-order valence-electron chi connectivity index (χ3n) is 3.37. The zero-order valence-corrected chi connectivity index (χ0v) is 12.0. The first kappa shape index (κ1) is 13.9. The van der Waals surface area contributed by atoms with E-state index in [4.69, 9.17) is 4.74 Å². The lowest BCUT2D eigenvalue weighted by molar-refractivity contribution is 0.373. The van der Waals surface area contributed by atoms with E-state index in [9.17, 15) is 10.2 Å². The molecule has 0 radical (unpaired) electrons. The van der Waals surface area contributed by atoms with Crippen molar-refractivity contribution in [3.63, 3.8) is 0 Å². The first-order valence-corrected chi connectivity index (χ1v) is 6.81. The van der Waals surface area contributed by atoms with Gasteiger partial charge in [-0.15, -0.1) is 0 Å². The second kappa shape index (κ2) is 5.77. The third-order valence-corrected chi connectivity index (χ3v) is 3.37. The fraction of sp³-hybridized carbons (Fsp3) is 0.0556. The van der Waals surface area contributed by atoms with E-state index in [1.165, 1.54) is 7.11 Å². The van der Waals surface area contributed by atoms with Crippen LogP contribution in [0.15, 0.2) is 48.5 Å². The van der Waals surface area contributed by atoms with Crippen molar-refractivity contribution in [2.45, 2.75) is 0 Å². The average molecular weight is 293 g/mol. The van der Waals surface area contributed by atoms with Gasteiger partial charge < -0.3 is 14.9 Å². The molecule has 1 aromatic heterocycles. The van der Waals surface area contributed by atoms with Gasteiger partial charge in [0.2, 0.25) is 0 Å². The van der Waals surface area contributed by atoms with Crippen LogP contribution in [0.3, 0.4) is 0 Å². The standard InChI is InChI=1S/C18H15NO3/c1-22-17-11-12(6-10-15(17)20)5-8-14-9-7-13-3-2-4-16(21)18(13)19-14/h2-11,20-21H,1H3/b8-5+. The van der Waals surface area contributed by atoms with Crippen LogP contribution < -0.4 is 4.74 Å². The summed E-state index contributed by atoms with van der Waals surface area (Å²) in [6, 6.07) is 14.2. The summed E-state index contributed by atoms with van der Waals surface area (Å²) >= 11 is 0. The highest BCUT2D eigenvalue weighted by molar-refractivity contribution is 5.85. The topological polar surface area (TPSA) is 62.6 Å². The molecule has 0 atom stereocenters. The highest BCUT2D eigenvalue weighted by atomic mass is 16.5. The molecule has 3 rings (SSSR count). The Balaban J connectivity index is 1.94. The predicted octanol–water partition coefficient (Wildman–Crippen LogP) is 3.83. The number of benzene rings is 2. The zero-order valence-electron chi connectivity index (χ0n) is 12.0. The minimum absolute atomic E-state index is 0.105. The van der Waals surface area contributed by atoms with E-state index in [-0.39, 0.29) is 11.5 Å². The number of phenols is 2. The van der Waals surface area contributed by atoms with Gasteiger partial charge in [0.15, 0.2) is 11.5 Å². The fourth-order valence-electron chi connectivity index (χ4n) is 2.22. The van der Waals surface area contributed by atoms with Crippen molar-refractivity contribution in [1.29, 1.82) is 0 Å². The molecule has 4 nitrogen and oxygen atoms in total. The molecule has 0 saturated carbocycles. The van der Waals surface area contributed by atoms with Crippen molar-refractivity contribution in [2.24, 2.45) is 0 Å². The average Bonchev–Trinajstić information content (AvgIpc) is 2.54. The second-order valence-corrected chi connectivity index (χ2v) is 4.85. The molecule has 0 aliphatic rings. The van der Waals surface area contributed by atoms with Gasteiger partial charge >= 0.3 is 0 Å². The molecule has 0 spiro atoms. The van der Waals surface area contributed by atoms with E-state index in [1.54, 1.807) is 30.3 Å². The maximum atomic E-state index is 9.85. The molecule has 3 aromatic rings. The predicted molar refractivity (Wildman–Crippen MR) is 87.0 cm³/mol. The van der Waals surface area contributed by atoms with Crippen LogP contribution in [0.4, 0.5) is 0 Å². The quantitative estimate of drug-likeness (QED) is 0.770. The maximum Gasteiger partial charge on any atom is 0.161 e. The van der Waals surface area contributed by atoms with E-state index in [1.807, 2.05) is 30.4 Å². The number of para-hydroxylation sites is 1. The Morgan fingerprint density at radius 2 is 1.82 bits per heavy atom. The lowest BCUT2D eigenvalue weighted by Crippen LogP contribution is -1.85. The van der Waals surface area contributed by atoms with Gasteiger partial charge in [-0.1, -0.05) is 30.3 Å². The largest absolute Gasteiger partial charge is 0.506 e. The van der Waals surface area contributed by atoms with Gasteiger partial charge in [-0.05, 0) is 35.9 Å². The number of hydrogen-bond acceptors (Lipinski definition) is 4. The highest BCUT2D eigenvalue weighted by Gasteiger charge is 2.02. The summed E-state index contributed by atoms with van der Waals surface area (Å²) < 4.78 is 5.08. The number of hydrogen-bond donors (Lipinski definition) is 2. The number of aromatic nitrogens is 1. The van der Waals surface area contributed by atoms with Crippen molar-refractivity contribution in [3.05, 3.63) is 59.8 Å². The summed E-state index contributed by atoms with van der Waals surface area (Å²) in [6.45, 7) is 0. The molecule has 0 fully saturated rings. The molecule has 1 heterocycles.